The largest absolute Gasteiger partial charge is 0.319 e. The van der Waals surface area contributed by atoms with E-state index in [4.69, 9.17) is 23.2 Å². The first-order valence-corrected chi connectivity index (χ1v) is 8.62. The van der Waals surface area contributed by atoms with Crippen LogP contribution in [0, 0.1) is 0 Å². The highest BCUT2D eigenvalue weighted by molar-refractivity contribution is 6.36. The molecule has 0 aliphatic rings. The van der Waals surface area contributed by atoms with Crippen molar-refractivity contribution in [1.29, 1.82) is 0 Å². The summed E-state index contributed by atoms with van der Waals surface area (Å²) in [5.74, 6) is -0.148. The first-order valence-electron chi connectivity index (χ1n) is 7.87. The minimum atomic E-state index is -0.148. The topological polar surface area (TPSA) is 33.0 Å². The van der Waals surface area contributed by atoms with Gasteiger partial charge >= 0.3 is 0 Å². The van der Waals surface area contributed by atoms with Gasteiger partial charge in [0.05, 0.1) is 10.7 Å². The van der Waals surface area contributed by atoms with Gasteiger partial charge in [-0.2, -0.15) is 4.57 Å². The van der Waals surface area contributed by atoms with E-state index in [1.165, 1.54) is 11.1 Å². The molecule has 3 rings (SSSR count). The molecule has 0 aliphatic heterocycles. The van der Waals surface area contributed by atoms with Crippen LogP contribution in [-0.4, -0.2) is 5.91 Å². The normalized spacial score (nSPS) is 10.5. The number of amides is 1. The van der Waals surface area contributed by atoms with Crippen LogP contribution in [0.1, 0.15) is 11.1 Å². The van der Waals surface area contributed by atoms with Crippen LogP contribution in [0.2, 0.25) is 10.0 Å². The van der Waals surface area contributed by atoms with Crippen molar-refractivity contribution >= 4 is 34.8 Å². The average Bonchev–Trinajstić information content (AvgIpc) is 2.60. The van der Waals surface area contributed by atoms with Crippen LogP contribution >= 0.6 is 23.2 Å². The number of halogens is 2. The maximum atomic E-state index is 12.2. The van der Waals surface area contributed by atoms with Crippen LogP contribution in [0.3, 0.4) is 0 Å². The molecule has 1 heterocycles. The standard InChI is InChI=1S/C20H16Cl2N2O/c21-17-6-7-19(18(22)13-17)23-20(25)14-24-10-8-16(9-11-24)12-15-4-2-1-3-5-15/h1-11,13H,12,14H2/p+1. The lowest BCUT2D eigenvalue weighted by Crippen LogP contribution is -2.39. The van der Waals surface area contributed by atoms with Crippen molar-refractivity contribution in [3.05, 3.63) is 94.2 Å². The fourth-order valence-electron chi connectivity index (χ4n) is 2.49. The molecule has 25 heavy (non-hydrogen) atoms. The number of aromatic nitrogens is 1. The van der Waals surface area contributed by atoms with Crippen LogP contribution in [0.15, 0.2) is 73.1 Å². The Morgan fingerprint density at radius 1 is 0.920 bits per heavy atom. The molecule has 0 saturated heterocycles. The smallest absolute Gasteiger partial charge is 0.290 e. The van der Waals surface area contributed by atoms with E-state index >= 15 is 0 Å². The SMILES string of the molecule is O=C(C[n+]1ccc(Cc2ccccc2)cc1)Nc1ccc(Cl)cc1Cl. The van der Waals surface area contributed by atoms with Crippen molar-refractivity contribution in [1.82, 2.24) is 0 Å². The van der Waals surface area contributed by atoms with Crippen LogP contribution in [0.25, 0.3) is 0 Å². The maximum Gasteiger partial charge on any atom is 0.290 e. The Labute approximate surface area is 156 Å². The number of hydrogen-bond donors (Lipinski definition) is 1. The number of nitrogens with one attached hydrogen (secondary N) is 1. The maximum absolute atomic E-state index is 12.2. The van der Waals surface area contributed by atoms with E-state index in [1.807, 2.05) is 47.3 Å². The average molecular weight is 372 g/mol. The number of carbonyl (C=O) groups excluding carboxylic acids is 1. The molecular weight excluding hydrogens is 355 g/mol. The van der Waals surface area contributed by atoms with Gasteiger partial charge in [-0.1, -0.05) is 53.5 Å². The zero-order chi connectivity index (χ0) is 17.6. The van der Waals surface area contributed by atoms with Crippen LogP contribution in [0.4, 0.5) is 5.69 Å². The minimum Gasteiger partial charge on any atom is -0.319 e. The van der Waals surface area contributed by atoms with Gasteiger partial charge in [0.2, 0.25) is 6.54 Å². The predicted molar refractivity (Wildman–Crippen MR) is 101 cm³/mol. The van der Waals surface area contributed by atoms with Crippen molar-refractivity contribution in [2.75, 3.05) is 5.32 Å². The lowest BCUT2D eigenvalue weighted by atomic mass is 10.1. The fraction of sp³-hybridized carbons (Fsp3) is 0.100. The summed E-state index contributed by atoms with van der Waals surface area (Å²) in [6, 6.07) is 19.3. The molecule has 2 aromatic carbocycles. The lowest BCUT2D eigenvalue weighted by Gasteiger charge is -2.06. The second-order valence-electron chi connectivity index (χ2n) is 5.71. The second-order valence-corrected chi connectivity index (χ2v) is 6.56. The number of hydrogen-bond acceptors (Lipinski definition) is 1. The summed E-state index contributed by atoms with van der Waals surface area (Å²) in [6.07, 6.45) is 4.68. The van der Waals surface area contributed by atoms with Gasteiger partial charge in [-0.05, 0) is 35.7 Å². The Bertz CT molecular complexity index is 865. The molecule has 3 aromatic rings. The van der Waals surface area contributed by atoms with Gasteiger partial charge in [0.25, 0.3) is 5.91 Å². The molecule has 126 valence electrons. The summed E-state index contributed by atoms with van der Waals surface area (Å²) in [4.78, 5) is 12.2. The van der Waals surface area contributed by atoms with Crippen molar-refractivity contribution in [3.8, 4) is 0 Å². The van der Waals surface area contributed by atoms with E-state index in [0.29, 0.717) is 15.7 Å². The first kappa shape index (κ1) is 17.5. The molecular formula is C20H17Cl2N2O+. The molecule has 0 spiro atoms. The van der Waals surface area contributed by atoms with E-state index in [1.54, 1.807) is 18.2 Å². The molecule has 0 bridgehead atoms. The predicted octanol–water partition coefficient (Wildman–Crippen LogP) is 4.51. The number of carbonyl (C=O) groups is 1. The highest BCUT2D eigenvalue weighted by Crippen LogP contribution is 2.25. The van der Waals surface area contributed by atoms with E-state index in [0.717, 1.165) is 6.42 Å². The zero-order valence-electron chi connectivity index (χ0n) is 13.5. The second kappa shape index (κ2) is 8.15. The molecule has 1 N–H and O–H groups in total. The molecule has 3 nitrogen and oxygen atoms in total. The number of benzene rings is 2. The van der Waals surface area contributed by atoms with Crippen molar-refractivity contribution in [3.63, 3.8) is 0 Å². The lowest BCUT2D eigenvalue weighted by molar-refractivity contribution is -0.684. The highest BCUT2D eigenvalue weighted by atomic mass is 35.5. The Balaban J connectivity index is 1.60. The van der Waals surface area contributed by atoms with E-state index in [-0.39, 0.29) is 12.5 Å². The highest BCUT2D eigenvalue weighted by Gasteiger charge is 2.11. The summed E-state index contributed by atoms with van der Waals surface area (Å²) in [5, 5.41) is 3.74. The van der Waals surface area contributed by atoms with Crippen molar-refractivity contribution in [2.45, 2.75) is 13.0 Å². The van der Waals surface area contributed by atoms with E-state index in [9.17, 15) is 4.79 Å². The summed E-state index contributed by atoms with van der Waals surface area (Å²) in [7, 11) is 0. The summed E-state index contributed by atoms with van der Waals surface area (Å²) in [5.41, 5.74) is 3.01. The Morgan fingerprint density at radius 2 is 1.60 bits per heavy atom. The van der Waals surface area contributed by atoms with Crippen molar-refractivity contribution in [2.24, 2.45) is 0 Å². The van der Waals surface area contributed by atoms with Crippen LogP contribution in [0.5, 0.6) is 0 Å². The monoisotopic (exact) mass is 371 g/mol. The van der Waals surface area contributed by atoms with E-state index < -0.39 is 0 Å². The van der Waals surface area contributed by atoms with Gasteiger partial charge in [0.1, 0.15) is 0 Å². The summed E-state index contributed by atoms with van der Waals surface area (Å²) < 4.78 is 1.83. The minimum absolute atomic E-state index is 0.148. The van der Waals surface area contributed by atoms with Gasteiger partial charge < -0.3 is 5.32 Å². The van der Waals surface area contributed by atoms with E-state index in [2.05, 4.69) is 17.4 Å². The van der Waals surface area contributed by atoms with Crippen molar-refractivity contribution < 1.29 is 9.36 Å². The third-order valence-electron chi connectivity index (χ3n) is 3.74. The molecule has 1 amide bonds. The van der Waals surface area contributed by atoms with Gasteiger partial charge in [-0.25, -0.2) is 0 Å². The van der Waals surface area contributed by atoms with Gasteiger partial charge in [-0.15, -0.1) is 0 Å². The Kier molecular flexibility index (Phi) is 5.69. The number of pyridine rings is 1. The molecule has 0 radical (unpaired) electrons. The summed E-state index contributed by atoms with van der Waals surface area (Å²) >= 11 is 11.9. The molecule has 0 aliphatic carbocycles. The number of nitrogens with zero attached hydrogens (tertiary/aromatic N) is 1. The zero-order valence-corrected chi connectivity index (χ0v) is 15.0. The molecule has 0 saturated carbocycles. The third-order valence-corrected chi connectivity index (χ3v) is 4.29. The first-order chi connectivity index (χ1) is 12.1. The molecule has 5 heteroatoms. The molecule has 0 fully saturated rings. The fourth-order valence-corrected chi connectivity index (χ4v) is 2.95. The number of anilines is 1. The van der Waals surface area contributed by atoms with Crippen LogP contribution in [-0.2, 0) is 17.8 Å². The molecule has 0 atom stereocenters. The summed E-state index contributed by atoms with van der Waals surface area (Å²) in [6.45, 7) is 0.213. The molecule has 1 aromatic heterocycles. The molecule has 0 unspecified atom stereocenters. The van der Waals surface area contributed by atoms with Gasteiger partial charge in [0.15, 0.2) is 12.4 Å². The van der Waals surface area contributed by atoms with Gasteiger partial charge in [0, 0.05) is 17.2 Å². The Morgan fingerprint density at radius 3 is 2.28 bits per heavy atom. The number of rotatable bonds is 5. The van der Waals surface area contributed by atoms with Crippen LogP contribution < -0.4 is 9.88 Å². The van der Waals surface area contributed by atoms with Gasteiger partial charge in [-0.3, -0.25) is 4.79 Å². The quantitative estimate of drug-likeness (QED) is 0.657. The Hall–Kier alpha value is -2.36. The third kappa shape index (κ3) is 5.05.